The number of carbonyl (C=O) groups excluding carboxylic acids is 1. The van der Waals surface area contributed by atoms with Gasteiger partial charge in [-0.25, -0.2) is 24.1 Å². The number of hydrogen-bond donors (Lipinski definition) is 2. The third kappa shape index (κ3) is 5.50. The second-order valence-electron chi connectivity index (χ2n) is 9.20. The zero-order chi connectivity index (χ0) is 23.6. The predicted octanol–water partition coefficient (Wildman–Crippen LogP) is 4.13. The molecule has 0 aromatic carbocycles. The van der Waals surface area contributed by atoms with Crippen LogP contribution < -0.4 is 15.0 Å². The molecule has 3 aromatic heterocycles. The molecule has 1 fully saturated rings. The van der Waals surface area contributed by atoms with Crippen molar-refractivity contribution in [3.63, 3.8) is 0 Å². The maximum absolute atomic E-state index is 14.2. The average molecular weight is 457 g/mol. The monoisotopic (exact) mass is 456 g/mol. The average Bonchev–Trinajstić information content (AvgIpc) is 3.40. The number of anilines is 1. The molecule has 0 saturated carbocycles. The molecule has 4 rings (SSSR count). The van der Waals surface area contributed by atoms with E-state index in [1.165, 1.54) is 6.07 Å². The first kappa shape index (κ1) is 22.8. The first-order valence-electron chi connectivity index (χ1n) is 11.0. The van der Waals surface area contributed by atoms with Crippen LogP contribution >= 0.6 is 0 Å². The molecule has 2 atom stereocenters. The van der Waals surface area contributed by atoms with Gasteiger partial charge in [0.1, 0.15) is 29.4 Å². The van der Waals surface area contributed by atoms with Gasteiger partial charge < -0.3 is 24.7 Å². The number of amides is 1. The quantitative estimate of drug-likeness (QED) is 0.575. The lowest BCUT2D eigenvalue weighted by Crippen LogP contribution is -2.40. The largest absolute Gasteiger partial charge is 0.475 e. The highest BCUT2D eigenvalue weighted by atomic mass is 19.1. The number of halogens is 1. The maximum Gasteiger partial charge on any atom is 0.407 e. The molecule has 1 amide bonds. The molecule has 0 spiro atoms. The van der Waals surface area contributed by atoms with Crippen molar-refractivity contribution in [3.05, 3.63) is 42.1 Å². The molecule has 33 heavy (non-hydrogen) atoms. The molecule has 1 aliphatic heterocycles. The summed E-state index contributed by atoms with van der Waals surface area (Å²) < 4.78 is 25.4. The smallest absolute Gasteiger partial charge is 0.407 e. The van der Waals surface area contributed by atoms with Gasteiger partial charge in [-0.05, 0) is 58.7 Å². The zero-order valence-corrected chi connectivity index (χ0v) is 19.3. The Kier molecular flexibility index (Phi) is 6.35. The minimum Gasteiger partial charge on any atom is -0.475 e. The van der Waals surface area contributed by atoms with Gasteiger partial charge in [0.05, 0.1) is 24.6 Å². The summed E-state index contributed by atoms with van der Waals surface area (Å²) in [6.45, 7) is 8.15. The van der Waals surface area contributed by atoms with E-state index in [4.69, 9.17) is 9.47 Å². The SMILES string of the molecule is CC(COc1ncc(F)cc1C1CCCN1c1ccc2nc[nH]c2n1)NC(=O)OC(C)(C)C. The molecule has 0 bridgehead atoms. The van der Waals surface area contributed by atoms with Gasteiger partial charge in [-0.2, -0.15) is 0 Å². The van der Waals surface area contributed by atoms with Crippen LogP contribution in [0.25, 0.3) is 11.2 Å². The number of H-pyrrole nitrogens is 1. The van der Waals surface area contributed by atoms with E-state index in [0.29, 0.717) is 17.1 Å². The van der Waals surface area contributed by atoms with Crippen LogP contribution in [0.5, 0.6) is 5.88 Å². The number of rotatable bonds is 6. The molecule has 3 aromatic rings. The first-order valence-corrected chi connectivity index (χ1v) is 11.0. The standard InChI is InChI=1S/C23H29FN6O3/c1-14(28-22(31)33-23(2,3)4)12-32-21-16(10-15(24)11-25-21)18-6-5-9-30(18)19-8-7-17-20(29-19)27-13-26-17/h7-8,10-11,13-14,18H,5-6,9,12H2,1-4H3,(H,28,31)(H,26,27,29). The molecular weight excluding hydrogens is 427 g/mol. The Hall–Kier alpha value is -3.43. The first-order chi connectivity index (χ1) is 15.7. The number of imidazole rings is 1. The highest BCUT2D eigenvalue weighted by molar-refractivity contribution is 5.72. The van der Waals surface area contributed by atoms with Crippen LogP contribution in [0.15, 0.2) is 30.7 Å². The summed E-state index contributed by atoms with van der Waals surface area (Å²) in [6, 6.07) is 4.83. The summed E-state index contributed by atoms with van der Waals surface area (Å²) in [7, 11) is 0. The van der Waals surface area contributed by atoms with Gasteiger partial charge in [-0.3, -0.25) is 0 Å². The van der Waals surface area contributed by atoms with E-state index < -0.39 is 17.5 Å². The third-order valence-electron chi connectivity index (χ3n) is 5.25. The van der Waals surface area contributed by atoms with E-state index >= 15 is 0 Å². The zero-order valence-electron chi connectivity index (χ0n) is 19.3. The number of hydrogen-bond acceptors (Lipinski definition) is 7. The van der Waals surface area contributed by atoms with Crippen LogP contribution in [-0.2, 0) is 4.74 Å². The molecule has 2 unspecified atom stereocenters. The molecule has 9 nitrogen and oxygen atoms in total. The molecule has 176 valence electrons. The number of carbonyl (C=O) groups is 1. The molecule has 4 heterocycles. The fraction of sp³-hybridized carbons (Fsp3) is 0.478. The number of nitrogens with one attached hydrogen (secondary N) is 2. The minimum absolute atomic E-state index is 0.134. The van der Waals surface area contributed by atoms with E-state index in [-0.39, 0.29) is 18.7 Å². The van der Waals surface area contributed by atoms with E-state index in [1.807, 2.05) is 12.1 Å². The number of ether oxygens (including phenoxy) is 2. The highest BCUT2D eigenvalue weighted by Crippen LogP contribution is 2.39. The molecular formula is C23H29FN6O3. The Bertz CT molecular complexity index is 1130. The Balaban J connectivity index is 1.49. The number of nitrogens with zero attached hydrogens (tertiary/aromatic N) is 4. The fourth-order valence-electron chi connectivity index (χ4n) is 3.90. The second-order valence-corrected chi connectivity index (χ2v) is 9.20. The third-order valence-corrected chi connectivity index (χ3v) is 5.25. The summed E-state index contributed by atoms with van der Waals surface area (Å²) >= 11 is 0. The predicted molar refractivity (Wildman–Crippen MR) is 122 cm³/mol. The molecule has 0 aliphatic carbocycles. The van der Waals surface area contributed by atoms with Crippen LogP contribution in [0.4, 0.5) is 15.0 Å². The van der Waals surface area contributed by atoms with E-state index in [2.05, 4.69) is 30.2 Å². The summed E-state index contributed by atoms with van der Waals surface area (Å²) in [6.07, 6.45) is 3.97. The fourth-order valence-corrected chi connectivity index (χ4v) is 3.90. The normalized spacial score (nSPS) is 17.2. The van der Waals surface area contributed by atoms with Crippen molar-refractivity contribution >= 4 is 23.1 Å². The molecule has 0 radical (unpaired) electrons. The van der Waals surface area contributed by atoms with Crippen molar-refractivity contribution in [2.24, 2.45) is 0 Å². The Morgan fingerprint density at radius 3 is 2.97 bits per heavy atom. The van der Waals surface area contributed by atoms with Crippen molar-refractivity contribution in [2.45, 2.75) is 58.2 Å². The Morgan fingerprint density at radius 1 is 1.36 bits per heavy atom. The van der Waals surface area contributed by atoms with Crippen LogP contribution in [0.3, 0.4) is 0 Å². The van der Waals surface area contributed by atoms with Crippen LogP contribution in [0.2, 0.25) is 0 Å². The van der Waals surface area contributed by atoms with Gasteiger partial charge in [0.15, 0.2) is 5.65 Å². The molecule has 10 heteroatoms. The molecule has 1 saturated heterocycles. The number of pyridine rings is 2. The van der Waals surface area contributed by atoms with E-state index in [1.54, 1.807) is 34.0 Å². The van der Waals surface area contributed by atoms with Gasteiger partial charge in [0.2, 0.25) is 5.88 Å². The molecule has 2 N–H and O–H groups in total. The van der Waals surface area contributed by atoms with Crippen molar-refractivity contribution in [1.82, 2.24) is 25.3 Å². The van der Waals surface area contributed by atoms with E-state index in [9.17, 15) is 9.18 Å². The van der Waals surface area contributed by atoms with Crippen molar-refractivity contribution in [2.75, 3.05) is 18.1 Å². The highest BCUT2D eigenvalue weighted by Gasteiger charge is 2.31. The lowest BCUT2D eigenvalue weighted by Gasteiger charge is -2.27. The van der Waals surface area contributed by atoms with Gasteiger partial charge in [-0.15, -0.1) is 0 Å². The number of aromatic nitrogens is 4. The minimum atomic E-state index is -0.588. The van der Waals surface area contributed by atoms with Crippen molar-refractivity contribution in [1.29, 1.82) is 0 Å². The van der Waals surface area contributed by atoms with Gasteiger partial charge in [0, 0.05) is 12.1 Å². The Labute approximate surface area is 191 Å². The van der Waals surface area contributed by atoms with Crippen LogP contribution in [-0.4, -0.2) is 50.8 Å². The summed E-state index contributed by atoms with van der Waals surface area (Å²) in [4.78, 5) is 30.2. The van der Waals surface area contributed by atoms with E-state index in [0.717, 1.165) is 36.9 Å². The summed E-state index contributed by atoms with van der Waals surface area (Å²) in [5.41, 5.74) is 1.56. The topological polar surface area (TPSA) is 105 Å². The summed E-state index contributed by atoms with van der Waals surface area (Å²) in [5.74, 6) is 0.694. The summed E-state index contributed by atoms with van der Waals surface area (Å²) in [5, 5.41) is 2.74. The number of fused-ring (bicyclic) bond motifs is 1. The van der Waals surface area contributed by atoms with Crippen LogP contribution in [0, 0.1) is 5.82 Å². The Morgan fingerprint density at radius 2 is 2.18 bits per heavy atom. The molecule has 1 aliphatic rings. The number of aromatic amines is 1. The lowest BCUT2D eigenvalue weighted by atomic mass is 10.1. The second kappa shape index (κ2) is 9.21. The maximum atomic E-state index is 14.2. The van der Waals surface area contributed by atoms with Gasteiger partial charge in [-0.1, -0.05) is 0 Å². The van der Waals surface area contributed by atoms with Gasteiger partial charge >= 0.3 is 6.09 Å². The lowest BCUT2D eigenvalue weighted by molar-refractivity contribution is 0.0493. The van der Waals surface area contributed by atoms with Crippen molar-refractivity contribution < 1.29 is 18.7 Å². The number of alkyl carbamates (subject to hydrolysis) is 1. The van der Waals surface area contributed by atoms with Crippen LogP contribution in [0.1, 0.15) is 52.1 Å². The van der Waals surface area contributed by atoms with Gasteiger partial charge in [0.25, 0.3) is 0 Å². The van der Waals surface area contributed by atoms with Crippen molar-refractivity contribution in [3.8, 4) is 5.88 Å².